The Bertz CT molecular complexity index is 859. The van der Waals surface area contributed by atoms with Gasteiger partial charge < -0.3 is 0 Å². The third kappa shape index (κ3) is 4.09. The van der Waals surface area contributed by atoms with Crippen LogP contribution in [0.4, 0.5) is 5.69 Å². The highest BCUT2D eigenvalue weighted by atomic mass is 35.5. The van der Waals surface area contributed by atoms with Crippen LogP contribution < -0.4 is 4.90 Å². The molecular formula is C22H22Cl2N2O2. The molecule has 2 aromatic carbocycles. The molecule has 2 aliphatic heterocycles. The molecule has 0 N–H and O–H groups in total. The van der Waals surface area contributed by atoms with Crippen LogP contribution in [0.3, 0.4) is 0 Å². The molecule has 0 bridgehead atoms. The molecule has 146 valence electrons. The number of imide groups is 1. The van der Waals surface area contributed by atoms with Gasteiger partial charge in [0.25, 0.3) is 5.91 Å². The zero-order valence-corrected chi connectivity index (χ0v) is 17.0. The molecule has 2 saturated heterocycles. The zero-order valence-electron chi connectivity index (χ0n) is 15.5. The van der Waals surface area contributed by atoms with Gasteiger partial charge in [0, 0.05) is 10.0 Å². The smallest absolute Gasteiger partial charge is 0.251 e. The lowest BCUT2D eigenvalue weighted by atomic mass is 9.89. The van der Waals surface area contributed by atoms with Crippen LogP contribution in [0.5, 0.6) is 0 Å². The van der Waals surface area contributed by atoms with Crippen LogP contribution in [0.1, 0.15) is 24.8 Å². The molecule has 0 aliphatic carbocycles. The minimum Gasteiger partial charge on any atom is -0.292 e. The number of carbonyl (C=O) groups excluding carboxylic acids is 2. The molecule has 2 heterocycles. The molecule has 28 heavy (non-hydrogen) atoms. The van der Waals surface area contributed by atoms with Gasteiger partial charge in [-0.2, -0.15) is 0 Å². The Hall–Kier alpha value is -1.88. The Labute approximate surface area is 175 Å². The molecule has 0 saturated carbocycles. The molecule has 0 radical (unpaired) electrons. The predicted octanol–water partition coefficient (Wildman–Crippen LogP) is 4.58. The Morgan fingerprint density at radius 1 is 0.857 bits per heavy atom. The maximum Gasteiger partial charge on any atom is 0.251 e. The number of hydrogen-bond acceptors (Lipinski definition) is 3. The van der Waals surface area contributed by atoms with E-state index in [9.17, 15) is 9.59 Å². The number of rotatable bonds is 4. The van der Waals surface area contributed by atoms with E-state index in [2.05, 4.69) is 17.0 Å². The average Bonchev–Trinajstić information content (AvgIpc) is 2.99. The van der Waals surface area contributed by atoms with E-state index in [1.54, 1.807) is 24.3 Å². The number of amides is 2. The molecule has 2 aromatic rings. The van der Waals surface area contributed by atoms with Gasteiger partial charge in [-0.05, 0) is 80.2 Å². The SMILES string of the molecule is O=C1CC(N2CCC(Cc3ccc(Cl)cc3)CC2)C(=O)N1c1ccc(Cl)cc1. The van der Waals surface area contributed by atoms with Crippen LogP contribution in [0.25, 0.3) is 0 Å². The van der Waals surface area contributed by atoms with Gasteiger partial charge in [0.2, 0.25) is 5.91 Å². The largest absolute Gasteiger partial charge is 0.292 e. The summed E-state index contributed by atoms with van der Waals surface area (Å²) in [4.78, 5) is 28.9. The predicted molar refractivity (Wildman–Crippen MR) is 112 cm³/mol. The molecule has 2 aliphatic rings. The van der Waals surface area contributed by atoms with Crippen molar-refractivity contribution in [2.45, 2.75) is 31.7 Å². The maximum atomic E-state index is 12.9. The van der Waals surface area contributed by atoms with Crippen LogP contribution in [0.15, 0.2) is 48.5 Å². The Morgan fingerprint density at radius 2 is 1.43 bits per heavy atom. The lowest BCUT2D eigenvalue weighted by Gasteiger charge is -2.34. The number of hydrogen-bond donors (Lipinski definition) is 0. The first-order valence-corrected chi connectivity index (χ1v) is 10.4. The van der Waals surface area contributed by atoms with Crippen molar-refractivity contribution in [1.29, 1.82) is 0 Å². The van der Waals surface area contributed by atoms with Crippen LogP contribution in [-0.4, -0.2) is 35.8 Å². The van der Waals surface area contributed by atoms with Gasteiger partial charge in [-0.3, -0.25) is 14.5 Å². The first kappa shape index (κ1) is 19.4. The fourth-order valence-electron chi connectivity index (χ4n) is 4.19. The first-order valence-electron chi connectivity index (χ1n) is 9.62. The van der Waals surface area contributed by atoms with Crippen molar-refractivity contribution in [1.82, 2.24) is 4.90 Å². The van der Waals surface area contributed by atoms with Gasteiger partial charge in [-0.1, -0.05) is 35.3 Å². The molecule has 4 nitrogen and oxygen atoms in total. The third-order valence-corrected chi connectivity index (χ3v) is 6.24. The van der Waals surface area contributed by atoms with Crippen LogP contribution in [0.2, 0.25) is 10.0 Å². The fourth-order valence-corrected chi connectivity index (χ4v) is 4.44. The summed E-state index contributed by atoms with van der Waals surface area (Å²) in [7, 11) is 0. The minimum atomic E-state index is -0.348. The van der Waals surface area contributed by atoms with Gasteiger partial charge in [-0.15, -0.1) is 0 Å². The lowest BCUT2D eigenvalue weighted by Crippen LogP contribution is -2.46. The molecule has 4 rings (SSSR count). The second kappa shape index (κ2) is 8.24. The van der Waals surface area contributed by atoms with E-state index in [1.165, 1.54) is 10.5 Å². The first-order chi connectivity index (χ1) is 13.5. The van der Waals surface area contributed by atoms with E-state index in [1.807, 2.05) is 12.1 Å². The molecular weight excluding hydrogens is 395 g/mol. The van der Waals surface area contributed by atoms with E-state index in [4.69, 9.17) is 23.2 Å². The average molecular weight is 417 g/mol. The van der Waals surface area contributed by atoms with E-state index >= 15 is 0 Å². The Morgan fingerprint density at radius 3 is 2.04 bits per heavy atom. The molecule has 6 heteroatoms. The highest BCUT2D eigenvalue weighted by molar-refractivity contribution is 6.31. The lowest BCUT2D eigenvalue weighted by molar-refractivity contribution is -0.123. The third-order valence-electron chi connectivity index (χ3n) is 5.74. The summed E-state index contributed by atoms with van der Waals surface area (Å²) < 4.78 is 0. The number of anilines is 1. The quantitative estimate of drug-likeness (QED) is 0.684. The van der Waals surface area contributed by atoms with Crippen molar-refractivity contribution < 1.29 is 9.59 Å². The molecule has 1 atom stereocenters. The second-order valence-corrected chi connectivity index (χ2v) is 8.45. The standard InChI is InChI=1S/C22H22Cl2N2O2/c23-17-3-1-15(2-4-17)13-16-9-11-25(12-10-16)20-14-21(27)26(22(20)28)19-7-5-18(24)6-8-19/h1-8,16,20H,9-14H2. The van der Waals surface area contributed by atoms with Gasteiger partial charge in [0.05, 0.1) is 18.2 Å². The van der Waals surface area contributed by atoms with E-state index < -0.39 is 0 Å². The van der Waals surface area contributed by atoms with Crippen molar-refractivity contribution in [3.05, 3.63) is 64.1 Å². The van der Waals surface area contributed by atoms with Crippen molar-refractivity contribution >= 4 is 40.7 Å². The van der Waals surface area contributed by atoms with Crippen LogP contribution in [0, 0.1) is 5.92 Å². The molecule has 0 spiro atoms. The summed E-state index contributed by atoms with van der Waals surface area (Å²) in [6, 6.07) is 14.5. The van der Waals surface area contributed by atoms with E-state index in [0.717, 1.165) is 37.4 Å². The summed E-state index contributed by atoms with van der Waals surface area (Å²) >= 11 is 11.9. The maximum absolute atomic E-state index is 12.9. The zero-order chi connectivity index (χ0) is 19.7. The highest BCUT2D eigenvalue weighted by Gasteiger charge is 2.43. The highest BCUT2D eigenvalue weighted by Crippen LogP contribution is 2.30. The molecule has 0 aromatic heterocycles. The van der Waals surface area contributed by atoms with Crippen molar-refractivity contribution in [3.8, 4) is 0 Å². The number of benzene rings is 2. The number of halogens is 2. The Kier molecular flexibility index (Phi) is 5.72. The summed E-state index contributed by atoms with van der Waals surface area (Å²) in [5, 5.41) is 1.34. The van der Waals surface area contributed by atoms with Crippen molar-refractivity contribution in [2.24, 2.45) is 5.92 Å². The Balaban J connectivity index is 1.37. The molecule has 2 amide bonds. The number of nitrogens with zero attached hydrogens (tertiary/aromatic N) is 2. The van der Waals surface area contributed by atoms with Gasteiger partial charge >= 0.3 is 0 Å². The number of piperidine rings is 1. The van der Waals surface area contributed by atoms with Gasteiger partial charge in [-0.25, -0.2) is 4.90 Å². The van der Waals surface area contributed by atoms with E-state index in [-0.39, 0.29) is 24.3 Å². The van der Waals surface area contributed by atoms with Crippen molar-refractivity contribution in [3.63, 3.8) is 0 Å². The minimum absolute atomic E-state index is 0.122. The number of likely N-dealkylation sites (tertiary alicyclic amines) is 1. The van der Waals surface area contributed by atoms with Gasteiger partial charge in [0.15, 0.2) is 0 Å². The monoisotopic (exact) mass is 416 g/mol. The van der Waals surface area contributed by atoms with Crippen LogP contribution >= 0.6 is 23.2 Å². The second-order valence-electron chi connectivity index (χ2n) is 7.57. The summed E-state index contributed by atoms with van der Waals surface area (Å²) in [5.74, 6) is 0.334. The van der Waals surface area contributed by atoms with E-state index in [0.29, 0.717) is 16.6 Å². The van der Waals surface area contributed by atoms with Crippen LogP contribution in [-0.2, 0) is 16.0 Å². The normalized spacial score (nSPS) is 21.5. The van der Waals surface area contributed by atoms with Crippen molar-refractivity contribution in [2.75, 3.05) is 18.0 Å². The molecule has 2 fully saturated rings. The number of carbonyl (C=O) groups is 2. The topological polar surface area (TPSA) is 40.6 Å². The summed E-state index contributed by atoms with van der Waals surface area (Å²) in [6.45, 7) is 1.69. The fraction of sp³-hybridized carbons (Fsp3) is 0.364. The summed E-state index contributed by atoms with van der Waals surface area (Å²) in [6.07, 6.45) is 3.34. The van der Waals surface area contributed by atoms with Gasteiger partial charge in [0.1, 0.15) is 0 Å². The summed E-state index contributed by atoms with van der Waals surface area (Å²) in [5.41, 5.74) is 1.89. The molecule has 1 unspecified atom stereocenters.